The van der Waals surface area contributed by atoms with Crippen molar-refractivity contribution in [3.8, 4) is 0 Å². The van der Waals surface area contributed by atoms with E-state index in [0.717, 1.165) is 11.8 Å². The molecular weight excluding hydrogens is 264 g/mol. The van der Waals surface area contributed by atoms with Crippen LogP contribution in [0.25, 0.3) is 0 Å². The molecule has 2 bridgehead atoms. The minimum atomic E-state index is 0.655. The van der Waals surface area contributed by atoms with Crippen molar-refractivity contribution in [2.75, 3.05) is 0 Å². The van der Waals surface area contributed by atoms with E-state index in [1.54, 1.807) is 22.3 Å². The summed E-state index contributed by atoms with van der Waals surface area (Å²) in [4.78, 5) is 0. The second-order valence-electron chi connectivity index (χ2n) is 8.53. The van der Waals surface area contributed by atoms with Gasteiger partial charge >= 0.3 is 0 Å². The topological polar surface area (TPSA) is 0 Å². The van der Waals surface area contributed by atoms with Crippen molar-refractivity contribution in [3.05, 3.63) is 46.5 Å². The van der Waals surface area contributed by atoms with Gasteiger partial charge in [0.1, 0.15) is 0 Å². The summed E-state index contributed by atoms with van der Waals surface area (Å²) in [5, 5.41) is 0. The summed E-state index contributed by atoms with van der Waals surface area (Å²) in [6.07, 6.45) is 18.3. The fourth-order valence-corrected chi connectivity index (χ4v) is 6.22. The van der Waals surface area contributed by atoms with E-state index in [1.165, 1.54) is 70.6 Å². The van der Waals surface area contributed by atoms with E-state index in [-0.39, 0.29) is 0 Å². The molecule has 0 heteroatoms. The maximum absolute atomic E-state index is 2.55. The Morgan fingerprint density at radius 1 is 1.00 bits per heavy atom. The maximum Gasteiger partial charge on any atom is -0.0159 e. The Hall–Kier alpha value is -1.04. The van der Waals surface area contributed by atoms with Gasteiger partial charge in [-0.05, 0) is 85.3 Å². The van der Waals surface area contributed by atoms with Gasteiger partial charge in [-0.2, -0.15) is 0 Å². The van der Waals surface area contributed by atoms with Gasteiger partial charge in [0.2, 0.25) is 0 Å². The van der Waals surface area contributed by atoms with Crippen LogP contribution in [0.2, 0.25) is 0 Å². The summed E-state index contributed by atoms with van der Waals surface area (Å²) in [6.45, 7) is 0. The lowest BCUT2D eigenvalue weighted by Crippen LogP contribution is -2.34. The average Bonchev–Trinajstić information content (AvgIpc) is 3.16. The van der Waals surface area contributed by atoms with Crippen molar-refractivity contribution < 1.29 is 0 Å². The Morgan fingerprint density at radius 2 is 1.91 bits per heavy atom. The minimum Gasteiger partial charge on any atom is -0.0850 e. The lowest BCUT2D eigenvalue weighted by Gasteiger charge is -2.42. The van der Waals surface area contributed by atoms with Gasteiger partial charge in [0.25, 0.3) is 0 Å². The maximum atomic E-state index is 2.55. The molecule has 4 aliphatic carbocycles. The van der Waals surface area contributed by atoms with Crippen LogP contribution in [-0.4, -0.2) is 0 Å². The molecule has 0 aliphatic heterocycles. The highest BCUT2D eigenvalue weighted by atomic mass is 14.5. The highest BCUT2D eigenvalue weighted by Crippen LogP contribution is 2.59. The van der Waals surface area contributed by atoms with E-state index in [4.69, 9.17) is 0 Å². The summed E-state index contributed by atoms with van der Waals surface area (Å²) in [6, 6.07) is 7.27. The van der Waals surface area contributed by atoms with Crippen LogP contribution in [0.4, 0.5) is 0 Å². The van der Waals surface area contributed by atoms with Gasteiger partial charge < -0.3 is 0 Å². The van der Waals surface area contributed by atoms with E-state index < -0.39 is 0 Å². The van der Waals surface area contributed by atoms with E-state index >= 15 is 0 Å². The van der Waals surface area contributed by atoms with Gasteiger partial charge in [0, 0.05) is 0 Å². The second-order valence-corrected chi connectivity index (χ2v) is 8.53. The molecule has 1 aromatic carbocycles. The molecule has 5 rings (SSSR count). The Labute approximate surface area is 135 Å². The van der Waals surface area contributed by atoms with E-state index in [1.807, 2.05) is 0 Å². The standard InChI is InChI=1S/C22H28/c1-2-5-17(6-3-1)20-8-4-7-18-11-12-22(15-21(18)20)14-16-9-10-19(22)13-16/h4,7-9,17,19H,1-3,5-6,10-15H2. The van der Waals surface area contributed by atoms with Crippen molar-refractivity contribution in [1.29, 1.82) is 0 Å². The largest absolute Gasteiger partial charge is 0.0850 e. The average molecular weight is 292 g/mol. The molecule has 116 valence electrons. The van der Waals surface area contributed by atoms with Crippen LogP contribution < -0.4 is 0 Å². The predicted octanol–water partition coefficient (Wildman–Crippen LogP) is 5.95. The van der Waals surface area contributed by atoms with Crippen molar-refractivity contribution in [2.24, 2.45) is 11.3 Å². The van der Waals surface area contributed by atoms with Crippen LogP contribution in [-0.2, 0) is 12.8 Å². The van der Waals surface area contributed by atoms with E-state index in [2.05, 4.69) is 24.3 Å². The number of fused-ring (bicyclic) bond motifs is 4. The molecule has 1 spiro atoms. The second kappa shape index (κ2) is 4.98. The van der Waals surface area contributed by atoms with E-state index in [9.17, 15) is 0 Å². The van der Waals surface area contributed by atoms with Gasteiger partial charge in [-0.25, -0.2) is 0 Å². The summed E-state index contributed by atoms with van der Waals surface area (Å²) in [5.41, 5.74) is 7.71. The minimum absolute atomic E-state index is 0.655. The highest BCUT2D eigenvalue weighted by molar-refractivity contribution is 5.42. The van der Waals surface area contributed by atoms with Crippen molar-refractivity contribution in [3.63, 3.8) is 0 Å². The van der Waals surface area contributed by atoms with Crippen LogP contribution in [0.1, 0.15) is 80.4 Å². The first-order valence-corrected chi connectivity index (χ1v) is 9.63. The number of hydrogen-bond acceptors (Lipinski definition) is 0. The fourth-order valence-electron chi connectivity index (χ4n) is 6.22. The Bertz CT molecular complexity index is 617. The highest BCUT2D eigenvalue weighted by Gasteiger charge is 2.48. The lowest BCUT2D eigenvalue weighted by atomic mass is 9.62. The van der Waals surface area contributed by atoms with Crippen molar-refractivity contribution in [2.45, 2.75) is 76.5 Å². The molecule has 0 radical (unpaired) electrons. The normalized spacial score (nSPS) is 34.0. The zero-order chi connectivity index (χ0) is 14.6. The monoisotopic (exact) mass is 292 g/mol. The SMILES string of the molecule is C1=C2CC(C1)C1(CCc3cccc(C4CCCCC4)c3C1)C2. The third kappa shape index (κ3) is 1.95. The fraction of sp³-hybridized carbons (Fsp3) is 0.636. The molecule has 1 aromatic rings. The smallest absolute Gasteiger partial charge is 0.0159 e. The molecule has 2 saturated carbocycles. The van der Waals surface area contributed by atoms with Crippen molar-refractivity contribution in [1.82, 2.24) is 0 Å². The van der Waals surface area contributed by atoms with Gasteiger partial charge in [0.15, 0.2) is 0 Å². The zero-order valence-electron chi connectivity index (χ0n) is 13.7. The van der Waals surface area contributed by atoms with Crippen LogP contribution in [0.5, 0.6) is 0 Å². The molecule has 0 saturated heterocycles. The van der Waals surface area contributed by atoms with Gasteiger partial charge in [-0.15, -0.1) is 0 Å². The summed E-state index contributed by atoms with van der Waals surface area (Å²) in [7, 11) is 0. The summed E-state index contributed by atoms with van der Waals surface area (Å²) >= 11 is 0. The van der Waals surface area contributed by atoms with Gasteiger partial charge in [-0.3, -0.25) is 0 Å². The molecule has 2 atom stereocenters. The van der Waals surface area contributed by atoms with Crippen LogP contribution in [0.3, 0.4) is 0 Å². The quantitative estimate of drug-likeness (QED) is 0.561. The molecule has 0 heterocycles. The molecule has 22 heavy (non-hydrogen) atoms. The first-order valence-electron chi connectivity index (χ1n) is 9.63. The molecule has 0 aromatic heterocycles. The molecule has 2 fully saturated rings. The third-order valence-electron chi connectivity index (χ3n) is 7.42. The lowest BCUT2D eigenvalue weighted by molar-refractivity contribution is 0.167. The molecule has 0 amide bonds. The molecule has 2 unspecified atom stereocenters. The first kappa shape index (κ1) is 13.4. The van der Waals surface area contributed by atoms with Crippen LogP contribution >= 0.6 is 0 Å². The first-order chi connectivity index (χ1) is 10.8. The Morgan fingerprint density at radius 3 is 2.68 bits per heavy atom. The summed E-state index contributed by atoms with van der Waals surface area (Å²) < 4.78 is 0. The molecular formula is C22H28. The van der Waals surface area contributed by atoms with Gasteiger partial charge in [0.05, 0.1) is 0 Å². The number of hydrogen-bond donors (Lipinski definition) is 0. The molecule has 0 N–H and O–H groups in total. The number of rotatable bonds is 1. The number of allylic oxidation sites excluding steroid dienone is 2. The molecule has 4 aliphatic rings. The number of aryl methyl sites for hydroxylation is 1. The Balaban J connectivity index is 1.52. The summed E-state index contributed by atoms with van der Waals surface area (Å²) in [5.74, 6) is 1.85. The van der Waals surface area contributed by atoms with E-state index in [0.29, 0.717) is 5.41 Å². The Kier molecular flexibility index (Phi) is 3.03. The van der Waals surface area contributed by atoms with Crippen LogP contribution in [0.15, 0.2) is 29.8 Å². The predicted molar refractivity (Wildman–Crippen MR) is 92.2 cm³/mol. The zero-order valence-corrected chi connectivity index (χ0v) is 13.7. The van der Waals surface area contributed by atoms with Crippen molar-refractivity contribution >= 4 is 0 Å². The number of benzene rings is 1. The van der Waals surface area contributed by atoms with Gasteiger partial charge in [-0.1, -0.05) is 49.1 Å². The molecule has 0 nitrogen and oxygen atoms in total. The third-order valence-corrected chi connectivity index (χ3v) is 7.42. The van der Waals surface area contributed by atoms with Crippen LogP contribution in [0, 0.1) is 11.3 Å².